The number of nitrogens with one attached hydrogen (secondary N) is 1. The second-order valence-electron chi connectivity index (χ2n) is 5.56. The molecule has 0 aliphatic heterocycles. The van der Waals surface area contributed by atoms with Crippen molar-refractivity contribution in [3.05, 3.63) is 59.9 Å². The molecule has 0 saturated carbocycles. The lowest BCUT2D eigenvalue weighted by molar-refractivity contribution is 0.242. The van der Waals surface area contributed by atoms with Crippen molar-refractivity contribution in [3.8, 4) is 5.75 Å². The van der Waals surface area contributed by atoms with Crippen molar-refractivity contribution < 1.29 is 9.29 Å². The van der Waals surface area contributed by atoms with Crippen molar-refractivity contribution in [3.63, 3.8) is 0 Å². The van der Waals surface area contributed by atoms with Gasteiger partial charge in [-0.2, -0.15) is 0 Å². The van der Waals surface area contributed by atoms with Crippen LogP contribution in [0.2, 0.25) is 5.02 Å². The summed E-state index contributed by atoms with van der Waals surface area (Å²) in [5.41, 5.74) is 0.709. The van der Waals surface area contributed by atoms with Gasteiger partial charge in [-0.1, -0.05) is 11.6 Å². The van der Waals surface area contributed by atoms with E-state index in [1.807, 2.05) is 38.1 Å². The van der Waals surface area contributed by atoms with Crippen molar-refractivity contribution in [1.29, 1.82) is 0 Å². The van der Waals surface area contributed by atoms with Gasteiger partial charge < -0.3 is 9.29 Å². The second-order valence-corrected chi connectivity index (χ2v) is 7.21. The van der Waals surface area contributed by atoms with E-state index in [-0.39, 0.29) is 6.10 Å². The van der Waals surface area contributed by atoms with Crippen LogP contribution in [0.5, 0.6) is 5.75 Å². The third-order valence-corrected chi connectivity index (χ3v) is 4.65. The summed E-state index contributed by atoms with van der Waals surface area (Å²) in [6.07, 6.45) is 3.53. The monoisotopic (exact) mass is 360 g/mol. The van der Waals surface area contributed by atoms with E-state index < -0.39 is 11.4 Å². The van der Waals surface area contributed by atoms with Crippen LogP contribution in [-0.4, -0.2) is 15.6 Å². The molecule has 0 fully saturated rings. The highest BCUT2D eigenvalue weighted by Crippen LogP contribution is 2.29. The van der Waals surface area contributed by atoms with E-state index in [4.69, 9.17) is 16.3 Å². The SMILES string of the molecule is CC(C)Oc1ccc([S+]([O-])Nc2cc(Cl)cc3cnccc23)cc1. The normalized spacial score (nSPS) is 12.4. The Hall–Kier alpha value is -1.95. The average Bonchev–Trinajstić information content (AvgIpc) is 2.54. The van der Waals surface area contributed by atoms with Gasteiger partial charge in [0.15, 0.2) is 4.90 Å². The molecule has 0 aliphatic carbocycles. The summed E-state index contributed by atoms with van der Waals surface area (Å²) >= 11 is 4.73. The maximum atomic E-state index is 12.6. The molecule has 1 unspecified atom stereocenters. The fourth-order valence-corrected chi connectivity index (χ4v) is 3.43. The van der Waals surface area contributed by atoms with Crippen molar-refractivity contribution >= 4 is 39.4 Å². The first-order valence-corrected chi connectivity index (χ1v) is 9.04. The van der Waals surface area contributed by atoms with E-state index in [0.717, 1.165) is 16.5 Å². The summed E-state index contributed by atoms with van der Waals surface area (Å²) in [7, 11) is 0. The molecule has 2 aromatic carbocycles. The van der Waals surface area contributed by atoms with Gasteiger partial charge in [0.05, 0.1) is 11.8 Å². The van der Waals surface area contributed by atoms with Gasteiger partial charge in [-0.15, -0.1) is 0 Å². The maximum Gasteiger partial charge on any atom is 0.180 e. The number of hydrogen-bond acceptors (Lipinski definition) is 4. The number of rotatable bonds is 5. The van der Waals surface area contributed by atoms with Gasteiger partial charge in [0.25, 0.3) is 0 Å². The quantitative estimate of drug-likeness (QED) is 0.663. The van der Waals surface area contributed by atoms with Gasteiger partial charge in [-0.25, -0.2) is 4.72 Å². The lowest BCUT2D eigenvalue weighted by Crippen LogP contribution is -2.13. The molecular formula is C18H17ClN2O2S. The number of benzene rings is 2. The minimum Gasteiger partial charge on any atom is -0.588 e. The van der Waals surface area contributed by atoms with Crippen LogP contribution in [0.25, 0.3) is 10.8 Å². The van der Waals surface area contributed by atoms with Crippen LogP contribution in [0.1, 0.15) is 13.8 Å². The molecule has 0 radical (unpaired) electrons. The highest BCUT2D eigenvalue weighted by Gasteiger charge is 2.14. The number of anilines is 1. The Balaban J connectivity index is 1.83. The van der Waals surface area contributed by atoms with Crippen LogP contribution < -0.4 is 9.46 Å². The van der Waals surface area contributed by atoms with Crippen LogP contribution in [0.4, 0.5) is 5.69 Å². The van der Waals surface area contributed by atoms with Gasteiger partial charge >= 0.3 is 0 Å². The van der Waals surface area contributed by atoms with Crippen LogP contribution in [0.3, 0.4) is 0 Å². The van der Waals surface area contributed by atoms with Gasteiger partial charge in [-0.05, 0) is 56.3 Å². The predicted octanol–water partition coefficient (Wildman–Crippen LogP) is 4.81. The third-order valence-electron chi connectivity index (χ3n) is 3.33. The average molecular weight is 361 g/mol. The fourth-order valence-electron chi connectivity index (χ4n) is 2.33. The molecule has 0 amide bonds. The highest BCUT2D eigenvalue weighted by atomic mass is 35.5. The number of fused-ring (bicyclic) bond motifs is 1. The first kappa shape index (κ1) is 16.9. The molecule has 4 nitrogen and oxygen atoms in total. The highest BCUT2D eigenvalue weighted by molar-refractivity contribution is 7.92. The van der Waals surface area contributed by atoms with Gasteiger partial charge in [0, 0.05) is 28.2 Å². The van der Waals surface area contributed by atoms with Crippen molar-refractivity contribution in [1.82, 2.24) is 4.98 Å². The van der Waals surface area contributed by atoms with E-state index >= 15 is 0 Å². The Morgan fingerprint density at radius 2 is 1.92 bits per heavy atom. The number of nitrogens with zero attached hydrogens (tertiary/aromatic N) is 1. The van der Waals surface area contributed by atoms with Gasteiger partial charge in [-0.3, -0.25) is 4.98 Å². The van der Waals surface area contributed by atoms with Crippen LogP contribution in [0, 0.1) is 0 Å². The number of pyridine rings is 1. The second kappa shape index (κ2) is 7.30. The molecule has 0 saturated heterocycles. The number of aromatic nitrogens is 1. The van der Waals surface area contributed by atoms with Crippen molar-refractivity contribution in [2.75, 3.05) is 4.72 Å². The lowest BCUT2D eigenvalue weighted by atomic mass is 10.1. The van der Waals surface area contributed by atoms with Crippen LogP contribution in [-0.2, 0) is 11.4 Å². The van der Waals surface area contributed by atoms with Gasteiger partial charge in [0.1, 0.15) is 17.1 Å². The summed E-state index contributed by atoms with van der Waals surface area (Å²) < 4.78 is 21.2. The molecule has 1 aromatic heterocycles. The zero-order valence-electron chi connectivity index (χ0n) is 13.3. The molecule has 24 heavy (non-hydrogen) atoms. The molecule has 0 aliphatic rings. The lowest BCUT2D eigenvalue weighted by Gasteiger charge is -2.14. The largest absolute Gasteiger partial charge is 0.588 e. The van der Waals surface area contributed by atoms with Crippen LogP contribution >= 0.6 is 11.6 Å². The Morgan fingerprint density at radius 3 is 2.62 bits per heavy atom. The molecule has 6 heteroatoms. The zero-order valence-corrected chi connectivity index (χ0v) is 14.9. The van der Waals surface area contributed by atoms with Crippen molar-refractivity contribution in [2.45, 2.75) is 24.8 Å². The smallest absolute Gasteiger partial charge is 0.180 e. The molecule has 1 atom stereocenters. The molecule has 0 spiro atoms. The van der Waals surface area contributed by atoms with E-state index in [2.05, 4.69) is 9.71 Å². The molecule has 3 rings (SSSR count). The first-order valence-electron chi connectivity index (χ1n) is 7.51. The summed E-state index contributed by atoms with van der Waals surface area (Å²) in [5.74, 6) is 0.755. The van der Waals surface area contributed by atoms with Crippen molar-refractivity contribution in [2.24, 2.45) is 0 Å². The Kier molecular flexibility index (Phi) is 5.14. The number of halogens is 1. The van der Waals surface area contributed by atoms with Crippen LogP contribution in [0.15, 0.2) is 59.8 Å². The number of hydrogen-bond donors (Lipinski definition) is 1. The summed E-state index contributed by atoms with van der Waals surface area (Å²) in [6.45, 7) is 3.93. The zero-order chi connectivity index (χ0) is 17.1. The topological polar surface area (TPSA) is 57.2 Å². The summed E-state index contributed by atoms with van der Waals surface area (Å²) in [6, 6.07) is 12.7. The first-order chi connectivity index (χ1) is 11.5. The molecule has 124 valence electrons. The molecule has 3 aromatic rings. The van der Waals surface area contributed by atoms with E-state index in [0.29, 0.717) is 15.6 Å². The molecule has 1 heterocycles. The molecular weight excluding hydrogens is 344 g/mol. The van der Waals surface area contributed by atoms with E-state index in [1.54, 1.807) is 30.6 Å². The third kappa shape index (κ3) is 3.93. The predicted molar refractivity (Wildman–Crippen MR) is 99.0 cm³/mol. The summed E-state index contributed by atoms with van der Waals surface area (Å²) in [4.78, 5) is 4.75. The standard InChI is InChI=1S/C18H17ClN2O2S/c1-12(2)23-15-3-5-16(6-4-15)24(22)21-18-10-14(19)9-13-11-20-8-7-17(13)18/h3-12,21H,1-2H3. The molecule has 0 bridgehead atoms. The van der Waals surface area contributed by atoms with Gasteiger partial charge in [0.2, 0.25) is 0 Å². The minimum atomic E-state index is -1.40. The van der Waals surface area contributed by atoms with E-state index in [1.165, 1.54) is 0 Å². The maximum absolute atomic E-state index is 12.6. The molecule has 1 N–H and O–H groups in total. The Labute approximate surface area is 149 Å². The Morgan fingerprint density at radius 1 is 1.17 bits per heavy atom. The number of ether oxygens (including phenoxy) is 1. The Bertz CT molecular complexity index is 840. The minimum absolute atomic E-state index is 0.103. The summed E-state index contributed by atoms with van der Waals surface area (Å²) in [5, 5.41) is 2.38. The van der Waals surface area contributed by atoms with E-state index in [9.17, 15) is 4.55 Å². The fraction of sp³-hybridized carbons (Fsp3) is 0.167.